The summed E-state index contributed by atoms with van der Waals surface area (Å²) in [5.41, 5.74) is 2.72. The molecule has 31 heavy (non-hydrogen) atoms. The average molecular weight is 540 g/mol. The van der Waals surface area contributed by atoms with Crippen molar-refractivity contribution in [3.05, 3.63) is 65.5 Å². The largest absolute Gasteiger partial charge is 0.367 e. The molecule has 2 atom stereocenters. The van der Waals surface area contributed by atoms with Crippen LogP contribution in [-0.2, 0) is 16.1 Å². The van der Waals surface area contributed by atoms with Crippen LogP contribution >= 0.6 is 24.0 Å². The molecular weight excluding hydrogens is 510 g/mol. The summed E-state index contributed by atoms with van der Waals surface area (Å²) in [7, 11) is 0. The molecule has 2 unspecified atom stereocenters. The second kappa shape index (κ2) is 12.0. The first-order valence-corrected chi connectivity index (χ1v) is 10.2. The minimum absolute atomic E-state index is 0. The lowest BCUT2D eigenvalue weighted by atomic mass is 10.1. The number of nitrogens with one attached hydrogen (secondary N) is 2. The molecule has 1 saturated heterocycles. The van der Waals surface area contributed by atoms with Crippen molar-refractivity contribution in [3.63, 3.8) is 0 Å². The highest BCUT2D eigenvalue weighted by Gasteiger charge is 2.28. The molecule has 1 heterocycles. The van der Waals surface area contributed by atoms with Gasteiger partial charge < -0.3 is 20.3 Å². The first-order valence-electron chi connectivity index (χ1n) is 10.2. The summed E-state index contributed by atoms with van der Waals surface area (Å²) in [6.07, 6.45) is -0.137. The van der Waals surface area contributed by atoms with Crippen LogP contribution in [0.25, 0.3) is 0 Å². The van der Waals surface area contributed by atoms with E-state index < -0.39 is 0 Å². The van der Waals surface area contributed by atoms with Gasteiger partial charge in [0.25, 0.3) is 0 Å². The Morgan fingerprint density at radius 1 is 1.23 bits per heavy atom. The van der Waals surface area contributed by atoms with Crippen molar-refractivity contribution in [1.82, 2.24) is 10.2 Å². The Hall–Kier alpha value is -2.20. The van der Waals surface area contributed by atoms with E-state index in [2.05, 4.69) is 15.5 Å². The number of carbonyl (C=O) groups is 1. The fourth-order valence-corrected chi connectivity index (χ4v) is 3.53. The summed E-state index contributed by atoms with van der Waals surface area (Å²) in [5.74, 6) is 0.457. The number of hydrogen-bond donors (Lipinski definition) is 2. The van der Waals surface area contributed by atoms with Gasteiger partial charge in [0.05, 0.1) is 19.2 Å². The van der Waals surface area contributed by atoms with Crippen LogP contribution in [-0.4, -0.2) is 42.5 Å². The molecule has 6 nitrogen and oxygen atoms in total. The van der Waals surface area contributed by atoms with Gasteiger partial charge in [-0.2, -0.15) is 0 Å². The van der Waals surface area contributed by atoms with Gasteiger partial charge in [-0.05, 0) is 49.2 Å². The maximum atomic E-state index is 13.3. The van der Waals surface area contributed by atoms with Crippen LogP contribution in [0.3, 0.4) is 0 Å². The number of hydrogen-bond acceptors (Lipinski definition) is 3. The molecule has 1 aliphatic rings. The molecule has 2 aromatic rings. The molecule has 0 bridgehead atoms. The highest BCUT2D eigenvalue weighted by Crippen LogP contribution is 2.25. The van der Waals surface area contributed by atoms with Gasteiger partial charge in [0.15, 0.2) is 5.96 Å². The predicted molar refractivity (Wildman–Crippen MR) is 132 cm³/mol. The number of nitrogens with zero attached hydrogens (tertiary/aromatic N) is 2. The molecule has 0 aromatic heterocycles. The molecule has 168 valence electrons. The number of carbonyl (C=O) groups excluding carboxylic acids is 1. The third-order valence-corrected chi connectivity index (χ3v) is 4.80. The second-order valence-corrected chi connectivity index (χ2v) is 7.44. The number of guanidine groups is 1. The fraction of sp³-hybridized carbons (Fsp3) is 0.391. The SMILES string of the molecule is CCNC(=NCc1cccc(NC(C)=O)c1)N1CC(C)OC(c2ccc(F)cc2)C1.I. The van der Waals surface area contributed by atoms with Crippen molar-refractivity contribution in [3.8, 4) is 0 Å². The lowest BCUT2D eigenvalue weighted by Crippen LogP contribution is -2.50. The lowest BCUT2D eigenvalue weighted by molar-refractivity contribution is -0.114. The van der Waals surface area contributed by atoms with Gasteiger partial charge >= 0.3 is 0 Å². The van der Waals surface area contributed by atoms with Gasteiger partial charge in [0.2, 0.25) is 5.91 Å². The molecule has 8 heteroatoms. The molecule has 2 N–H and O–H groups in total. The second-order valence-electron chi connectivity index (χ2n) is 7.44. The van der Waals surface area contributed by atoms with E-state index in [0.717, 1.165) is 35.9 Å². The topological polar surface area (TPSA) is 66.0 Å². The van der Waals surface area contributed by atoms with E-state index in [1.807, 2.05) is 38.1 Å². The van der Waals surface area contributed by atoms with Crippen molar-refractivity contribution in [2.45, 2.75) is 39.5 Å². The van der Waals surface area contributed by atoms with Gasteiger partial charge in [-0.1, -0.05) is 24.3 Å². The summed E-state index contributed by atoms with van der Waals surface area (Å²) in [4.78, 5) is 18.3. The van der Waals surface area contributed by atoms with Gasteiger partial charge in [-0.25, -0.2) is 9.38 Å². The average Bonchev–Trinajstić information content (AvgIpc) is 2.71. The zero-order chi connectivity index (χ0) is 21.5. The first kappa shape index (κ1) is 25.1. The zero-order valence-electron chi connectivity index (χ0n) is 18.1. The minimum Gasteiger partial charge on any atom is -0.367 e. The number of halogens is 2. The van der Waals surface area contributed by atoms with E-state index in [1.165, 1.54) is 19.1 Å². The number of ether oxygens (including phenoxy) is 1. The number of rotatable bonds is 5. The minimum atomic E-state index is -0.254. The third-order valence-electron chi connectivity index (χ3n) is 4.80. The molecule has 1 fully saturated rings. The quantitative estimate of drug-likeness (QED) is 0.337. The van der Waals surface area contributed by atoms with Gasteiger partial charge in [-0.3, -0.25) is 4.79 Å². The third kappa shape index (κ3) is 7.46. The van der Waals surface area contributed by atoms with Crippen molar-refractivity contribution >= 4 is 41.5 Å². The highest BCUT2D eigenvalue weighted by atomic mass is 127. The monoisotopic (exact) mass is 540 g/mol. The Kier molecular flexibility index (Phi) is 9.70. The summed E-state index contributed by atoms with van der Waals surface area (Å²) >= 11 is 0. The number of aliphatic imine (C=N–C) groups is 1. The van der Waals surface area contributed by atoms with Crippen molar-refractivity contribution < 1.29 is 13.9 Å². The van der Waals surface area contributed by atoms with Crippen molar-refractivity contribution in [2.75, 3.05) is 25.0 Å². The van der Waals surface area contributed by atoms with E-state index in [1.54, 1.807) is 12.1 Å². The summed E-state index contributed by atoms with van der Waals surface area (Å²) in [6, 6.07) is 14.1. The Labute approximate surface area is 200 Å². The number of morpholine rings is 1. The molecule has 1 aliphatic heterocycles. The Morgan fingerprint density at radius 2 is 1.97 bits per heavy atom. The van der Waals surface area contributed by atoms with Crippen LogP contribution in [0.5, 0.6) is 0 Å². The Balaban J connectivity index is 0.00000341. The van der Waals surface area contributed by atoms with E-state index in [-0.39, 0.29) is 47.9 Å². The number of anilines is 1. The highest BCUT2D eigenvalue weighted by molar-refractivity contribution is 14.0. The number of amides is 1. The van der Waals surface area contributed by atoms with Gasteiger partial charge in [0, 0.05) is 25.7 Å². The standard InChI is InChI=1S/C23H29FN4O2.HI/c1-4-25-23(26-13-18-6-5-7-21(12-18)27-17(3)29)28-14-16(2)30-22(15-28)19-8-10-20(24)11-9-19;/h5-12,16,22H,4,13-15H2,1-3H3,(H,25,26)(H,27,29);1H. The van der Waals surface area contributed by atoms with Crippen LogP contribution < -0.4 is 10.6 Å². The molecular formula is C23H30FIN4O2. The van der Waals surface area contributed by atoms with Crippen molar-refractivity contribution in [1.29, 1.82) is 0 Å². The molecule has 0 aliphatic carbocycles. The smallest absolute Gasteiger partial charge is 0.221 e. The van der Waals surface area contributed by atoms with E-state index in [4.69, 9.17) is 9.73 Å². The number of benzene rings is 2. The molecule has 3 rings (SSSR count). The maximum absolute atomic E-state index is 13.3. The molecule has 0 radical (unpaired) electrons. The van der Waals surface area contributed by atoms with Gasteiger partial charge in [-0.15, -0.1) is 24.0 Å². The lowest BCUT2D eigenvalue weighted by Gasteiger charge is -2.38. The Bertz CT molecular complexity index is 891. The van der Waals surface area contributed by atoms with Crippen LogP contribution in [0, 0.1) is 5.82 Å². The van der Waals surface area contributed by atoms with E-state index in [9.17, 15) is 9.18 Å². The summed E-state index contributed by atoms with van der Waals surface area (Å²) in [5, 5.41) is 6.16. The normalized spacial score (nSPS) is 18.8. The van der Waals surface area contributed by atoms with Crippen LogP contribution in [0.2, 0.25) is 0 Å². The molecule has 0 saturated carbocycles. The molecule has 2 aromatic carbocycles. The predicted octanol–water partition coefficient (Wildman–Crippen LogP) is 4.33. The zero-order valence-corrected chi connectivity index (χ0v) is 20.4. The maximum Gasteiger partial charge on any atom is 0.221 e. The molecule has 0 spiro atoms. The van der Waals surface area contributed by atoms with Crippen LogP contribution in [0.15, 0.2) is 53.5 Å². The summed E-state index contributed by atoms with van der Waals surface area (Å²) in [6.45, 7) is 8.15. The molecule has 1 amide bonds. The van der Waals surface area contributed by atoms with E-state index >= 15 is 0 Å². The first-order chi connectivity index (χ1) is 14.4. The van der Waals surface area contributed by atoms with E-state index in [0.29, 0.717) is 13.1 Å². The van der Waals surface area contributed by atoms with Gasteiger partial charge in [0.1, 0.15) is 11.9 Å². The summed E-state index contributed by atoms with van der Waals surface area (Å²) < 4.78 is 19.4. The fourth-order valence-electron chi connectivity index (χ4n) is 3.53. The van der Waals surface area contributed by atoms with Crippen LogP contribution in [0.4, 0.5) is 10.1 Å². The Morgan fingerprint density at radius 3 is 2.65 bits per heavy atom. The van der Waals surface area contributed by atoms with Crippen LogP contribution in [0.1, 0.15) is 38.0 Å². The van der Waals surface area contributed by atoms with Crippen molar-refractivity contribution in [2.24, 2.45) is 4.99 Å².